The van der Waals surface area contributed by atoms with E-state index in [1.165, 1.54) is 17.3 Å². The van der Waals surface area contributed by atoms with Crippen molar-refractivity contribution in [1.29, 1.82) is 0 Å². The van der Waals surface area contributed by atoms with E-state index in [1.807, 2.05) is 30.3 Å². The summed E-state index contributed by atoms with van der Waals surface area (Å²) in [5, 5.41) is 3.96. The van der Waals surface area contributed by atoms with Crippen molar-refractivity contribution in [3.63, 3.8) is 0 Å². The Bertz CT molecular complexity index is 586. The Kier molecular flexibility index (Phi) is 5.45. The summed E-state index contributed by atoms with van der Waals surface area (Å²) < 4.78 is 0.549. The molecule has 1 aromatic heterocycles. The molecule has 0 fully saturated rings. The molecule has 1 aromatic carbocycles. The molecule has 0 aliphatic heterocycles. The molecule has 102 valence electrons. The van der Waals surface area contributed by atoms with E-state index in [1.54, 1.807) is 18.5 Å². The molecular formula is C13H13N5S2. The van der Waals surface area contributed by atoms with E-state index in [2.05, 4.69) is 20.5 Å². The maximum atomic E-state index is 5.74. The zero-order valence-corrected chi connectivity index (χ0v) is 12.2. The van der Waals surface area contributed by atoms with E-state index in [0.717, 1.165) is 5.75 Å². The number of nitrogens with two attached hydrogens (primary N) is 1. The molecule has 0 spiro atoms. The summed E-state index contributed by atoms with van der Waals surface area (Å²) in [5.74, 6) is 1.35. The molecule has 0 saturated carbocycles. The number of hydrogen-bond donors (Lipinski definition) is 2. The highest BCUT2D eigenvalue weighted by Gasteiger charge is 2.02. The smallest absolute Gasteiger partial charge is 0.196 e. The van der Waals surface area contributed by atoms with Gasteiger partial charge >= 0.3 is 0 Å². The minimum absolute atomic E-state index is 0.202. The third kappa shape index (κ3) is 4.60. The van der Waals surface area contributed by atoms with Crippen molar-refractivity contribution >= 4 is 34.1 Å². The number of hydrogen-bond acceptors (Lipinski definition) is 5. The van der Waals surface area contributed by atoms with Gasteiger partial charge in [0, 0.05) is 18.1 Å². The summed E-state index contributed by atoms with van der Waals surface area (Å²) in [7, 11) is 0. The van der Waals surface area contributed by atoms with Crippen molar-refractivity contribution < 1.29 is 0 Å². The summed E-state index contributed by atoms with van der Waals surface area (Å²) in [6.45, 7) is 0. The molecule has 7 heteroatoms. The molecule has 2 aromatic rings. The number of amidine groups is 1. The van der Waals surface area contributed by atoms with Gasteiger partial charge in [0.15, 0.2) is 16.0 Å². The van der Waals surface area contributed by atoms with Crippen LogP contribution >= 0.6 is 24.0 Å². The molecule has 0 bridgehead atoms. The Morgan fingerprint density at radius 1 is 1.20 bits per heavy atom. The highest BCUT2D eigenvalue weighted by Crippen LogP contribution is 2.12. The van der Waals surface area contributed by atoms with Gasteiger partial charge in [-0.3, -0.25) is 5.43 Å². The van der Waals surface area contributed by atoms with E-state index < -0.39 is 0 Å². The van der Waals surface area contributed by atoms with Gasteiger partial charge in [-0.15, -0.1) is 0 Å². The average Bonchev–Trinajstić information content (AvgIpc) is 2.52. The maximum Gasteiger partial charge on any atom is 0.196 e. The molecular weight excluding hydrogens is 290 g/mol. The standard InChI is InChI=1S/C13H13N5S2/c14-11(12-15-7-4-8-16-12)17-18-13(19)20-9-10-5-2-1-3-6-10/h1-8H,9H2,(H2,14,17)(H,18,19). The van der Waals surface area contributed by atoms with Crippen LogP contribution in [0.15, 0.2) is 53.9 Å². The van der Waals surface area contributed by atoms with Gasteiger partial charge in [-0.2, -0.15) is 5.10 Å². The number of nitrogens with one attached hydrogen (secondary N) is 1. The van der Waals surface area contributed by atoms with Gasteiger partial charge in [0.25, 0.3) is 0 Å². The van der Waals surface area contributed by atoms with Crippen molar-refractivity contribution in [3.05, 3.63) is 60.2 Å². The second-order valence-corrected chi connectivity index (χ2v) is 5.40. The quantitative estimate of drug-likeness (QED) is 0.389. The number of nitrogens with zero attached hydrogens (tertiary/aromatic N) is 3. The normalized spacial score (nSPS) is 11.1. The molecule has 0 unspecified atom stereocenters. The zero-order chi connectivity index (χ0) is 14.2. The Balaban J connectivity index is 1.83. The van der Waals surface area contributed by atoms with E-state index >= 15 is 0 Å². The van der Waals surface area contributed by atoms with Gasteiger partial charge in [0.2, 0.25) is 0 Å². The average molecular weight is 303 g/mol. The molecule has 1 heterocycles. The SMILES string of the molecule is N/C(=N\NC(=S)SCc1ccccc1)c1ncccn1. The summed E-state index contributed by atoms with van der Waals surface area (Å²) in [5.41, 5.74) is 9.67. The Morgan fingerprint density at radius 2 is 1.90 bits per heavy atom. The third-order valence-corrected chi connectivity index (χ3v) is 3.55. The molecule has 0 aliphatic rings. The van der Waals surface area contributed by atoms with Crippen molar-refractivity contribution in [1.82, 2.24) is 15.4 Å². The second-order valence-electron chi connectivity index (χ2n) is 3.74. The number of benzene rings is 1. The zero-order valence-electron chi connectivity index (χ0n) is 10.6. The number of thioether (sulfide) groups is 1. The van der Waals surface area contributed by atoms with Crippen molar-refractivity contribution in [2.45, 2.75) is 5.75 Å². The minimum atomic E-state index is 0.202. The topological polar surface area (TPSA) is 76.2 Å². The molecule has 3 N–H and O–H groups in total. The van der Waals surface area contributed by atoms with Crippen LogP contribution in [-0.4, -0.2) is 20.1 Å². The van der Waals surface area contributed by atoms with Gasteiger partial charge in [0.1, 0.15) is 0 Å². The lowest BCUT2D eigenvalue weighted by Gasteiger charge is -2.04. The highest BCUT2D eigenvalue weighted by atomic mass is 32.2. The Morgan fingerprint density at radius 3 is 2.60 bits per heavy atom. The summed E-state index contributed by atoms with van der Waals surface area (Å²) in [6.07, 6.45) is 3.21. The van der Waals surface area contributed by atoms with Crippen LogP contribution in [0.4, 0.5) is 0 Å². The number of thiocarbonyl (C=S) groups is 1. The minimum Gasteiger partial charge on any atom is -0.379 e. The lowest BCUT2D eigenvalue weighted by atomic mass is 10.2. The van der Waals surface area contributed by atoms with Crippen LogP contribution in [0.25, 0.3) is 0 Å². The first-order chi connectivity index (χ1) is 9.75. The monoisotopic (exact) mass is 303 g/mol. The number of hydrazone groups is 1. The summed E-state index contributed by atoms with van der Waals surface area (Å²) >= 11 is 6.65. The predicted octanol–water partition coefficient (Wildman–Crippen LogP) is 1.90. The van der Waals surface area contributed by atoms with Crippen molar-refractivity contribution in [2.75, 3.05) is 0 Å². The second kappa shape index (κ2) is 7.56. The van der Waals surface area contributed by atoms with Crippen LogP contribution in [0, 0.1) is 0 Å². The fourth-order valence-electron chi connectivity index (χ4n) is 1.34. The molecule has 0 radical (unpaired) electrons. The molecule has 0 amide bonds. The fourth-order valence-corrected chi connectivity index (χ4v) is 2.17. The van der Waals surface area contributed by atoms with Crippen LogP contribution in [-0.2, 0) is 5.75 Å². The predicted molar refractivity (Wildman–Crippen MR) is 86.2 cm³/mol. The van der Waals surface area contributed by atoms with Gasteiger partial charge < -0.3 is 5.73 Å². The van der Waals surface area contributed by atoms with Crippen LogP contribution in [0.3, 0.4) is 0 Å². The van der Waals surface area contributed by atoms with Gasteiger partial charge in [-0.1, -0.05) is 54.3 Å². The van der Waals surface area contributed by atoms with Crippen LogP contribution in [0.1, 0.15) is 11.4 Å². The van der Waals surface area contributed by atoms with Crippen molar-refractivity contribution in [3.8, 4) is 0 Å². The van der Waals surface area contributed by atoms with Crippen molar-refractivity contribution in [2.24, 2.45) is 10.8 Å². The highest BCUT2D eigenvalue weighted by molar-refractivity contribution is 8.22. The third-order valence-electron chi connectivity index (χ3n) is 2.28. The van der Waals surface area contributed by atoms with Crippen LogP contribution < -0.4 is 11.2 Å². The Hall–Kier alpha value is -1.99. The summed E-state index contributed by atoms with van der Waals surface area (Å²) in [6, 6.07) is 11.8. The number of aromatic nitrogens is 2. The molecule has 5 nitrogen and oxygen atoms in total. The van der Waals surface area contributed by atoms with Crippen LogP contribution in [0.5, 0.6) is 0 Å². The number of rotatable bonds is 4. The molecule has 2 rings (SSSR count). The van der Waals surface area contributed by atoms with Gasteiger partial charge in [-0.05, 0) is 11.6 Å². The largest absolute Gasteiger partial charge is 0.379 e. The van der Waals surface area contributed by atoms with E-state index in [0.29, 0.717) is 10.1 Å². The van der Waals surface area contributed by atoms with Crippen LogP contribution in [0.2, 0.25) is 0 Å². The lowest BCUT2D eigenvalue weighted by Crippen LogP contribution is -2.23. The first-order valence-corrected chi connectivity index (χ1v) is 7.22. The molecule has 0 saturated heterocycles. The molecule has 0 atom stereocenters. The van der Waals surface area contributed by atoms with Gasteiger partial charge in [-0.25, -0.2) is 9.97 Å². The van der Waals surface area contributed by atoms with E-state index in [9.17, 15) is 0 Å². The first kappa shape index (κ1) is 14.4. The van der Waals surface area contributed by atoms with E-state index in [-0.39, 0.29) is 5.84 Å². The Labute approximate surface area is 126 Å². The summed E-state index contributed by atoms with van der Waals surface area (Å²) in [4.78, 5) is 7.99. The fraction of sp³-hybridized carbons (Fsp3) is 0.0769. The molecule has 20 heavy (non-hydrogen) atoms. The van der Waals surface area contributed by atoms with E-state index in [4.69, 9.17) is 18.0 Å². The maximum absolute atomic E-state index is 5.74. The van der Waals surface area contributed by atoms with Gasteiger partial charge in [0.05, 0.1) is 0 Å². The lowest BCUT2D eigenvalue weighted by molar-refractivity contribution is 1.03. The molecule has 0 aliphatic carbocycles. The first-order valence-electron chi connectivity index (χ1n) is 5.83.